The molecule has 0 bridgehead atoms. The molecule has 2 rings (SSSR count). The number of aliphatic hydroxyl groups excluding tert-OH is 7. The van der Waals surface area contributed by atoms with Gasteiger partial charge in [0.15, 0.2) is 18.7 Å². The van der Waals surface area contributed by atoms with E-state index < -0.39 is 92.7 Å². The van der Waals surface area contributed by atoms with Gasteiger partial charge in [0.25, 0.3) is 0 Å². The van der Waals surface area contributed by atoms with Crippen molar-refractivity contribution in [1.82, 2.24) is 0 Å². The summed E-state index contributed by atoms with van der Waals surface area (Å²) in [7, 11) is 0. The molecule has 0 aromatic rings. The fourth-order valence-corrected chi connectivity index (χ4v) is 10.6. The highest BCUT2D eigenvalue weighted by Crippen LogP contribution is 2.27. The van der Waals surface area contributed by atoms with E-state index in [4.69, 9.17) is 28.4 Å². The number of hydrogen-bond donors (Lipinski definition) is 7. The smallest absolute Gasteiger partial charge is 0.306 e. The third-order valence-corrected chi connectivity index (χ3v) is 15.8. The number of ether oxygens (including phenoxy) is 6. The van der Waals surface area contributed by atoms with Gasteiger partial charge in [0, 0.05) is 12.8 Å². The van der Waals surface area contributed by atoms with Gasteiger partial charge in [-0.05, 0) is 12.8 Å². The van der Waals surface area contributed by atoms with Gasteiger partial charge in [-0.3, -0.25) is 9.59 Å². The molecule has 2 aliphatic rings. The maximum absolute atomic E-state index is 13.1. The molecule has 15 heteroatoms. The second-order valence-electron chi connectivity index (χ2n) is 23.0. The van der Waals surface area contributed by atoms with Crippen LogP contribution in [0.4, 0.5) is 0 Å². The van der Waals surface area contributed by atoms with Gasteiger partial charge >= 0.3 is 11.9 Å². The number of esters is 2. The highest BCUT2D eigenvalue weighted by Gasteiger charge is 2.47. The predicted octanol–water partition coefficient (Wildman–Crippen LogP) is 11.9. The van der Waals surface area contributed by atoms with Gasteiger partial charge in [0.1, 0.15) is 55.4 Å². The molecule has 0 aromatic heterocycles. The summed E-state index contributed by atoms with van der Waals surface area (Å²) in [5.41, 5.74) is 0. The van der Waals surface area contributed by atoms with Crippen LogP contribution in [-0.2, 0) is 38.0 Å². The first kappa shape index (κ1) is 71.6. The summed E-state index contributed by atoms with van der Waals surface area (Å²) in [6, 6.07) is 0. The quantitative estimate of drug-likeness (QED) is 0.0222. The molecule has 0 radical (unpaired) electrons. The zero-order valence-electron chi connectivity index (χ0n) is 49.0. The molecule has 7 N–H and O–H groups in total. The third kappa shape index (κ3) is 35.9. The maximum atomic E-state index is 13.1. The van der Waals surface area contributed by atoms with Crippen LogP contribution in [0, 0.1) is 0 Å². The topological polar surface area (TPSA) is 231 Å². The Morgan fingerprint density at radius 2 is 0.662 bits per heavy atom. The van der Waals surface area contributed by atoms with Crippen LogP contribution in [0.1, 0.15) is 290 Å². The summed E-state index contributed by atoms with van der Waals surface area (Å²) < 4.78 is 33.8. The molecule has 15 nitrogen and oxygen atoms in total. The molecule has 0 aromatic carbocycles. The molecule has 0 spiro atoms. The number of carbonyl (C=O) groups excluding carboxylic acids is 2. The molecule has 77 heavy (non-hydrogen) atoms. The van der Waals surface area contributed by atoms with Crippen LogP contribution in [0.5, 0.6) is 0 Å². The van der Waals surface area contributed by atoms with E-state index in [0.717, 1.165) is 38.5 Å². The van der Waals surface area contributed by atoms with Crippen LogP contribution >= 0.6 is 0 Å². The van der Waals surface area contributed by atoms with Crippen molar-refractivity contribution in [2.45, 2.75) is 357 Å². The molecule has 2 saturated heterocycles. The molecular formula is C62H118O15. The van der Waals surface area contributed by atoms with Crippen LogP contribution < -0.4 is 0 Å². The van der Waals surface area contributed by atoms with Gasteiger partial charge in [0.2, 0.25) is 0 Å². The minimum absolute atomic E-state index is 0.174. The van der Waals surface area contributed by atoms with E-state index in [2.05, 4.69) is 13.8 Å². The lowest BCUT2D eigenvalue weighted by Crippen LogP contribution is -2.61. The van der Waals surface area contributed by atoms with Gasteiger partial charge < -0.3 is 64.2 Å². The van der Waals surface area contributed by atoms with Gasteiger partial charge in [-0.2, -0.15) is 0 Å². The number of unbranched alkanes of at least 4 members (excludes halogenated alkanes) is 39. The summed E-state index contributed by atoms with van der Waals surface area (Å²) in [6.07, 6.45) is 35.6. The Kier molecular flexibility index (Phi) is 45.7. The molecule has 11 atom stereocenters. The van der Waals surface area contributed by atoms with Gasteiger partial charge in [-0.15, -0.1) is 0 Å². The SMILES string of the molecule is CCCCCCCCCCCCCCCCCCCCCCCCCCC(=O)OC(COC(=O)CCCCCCCCCCCCCCCCCCC)COC1OC(COC2OC(CO)C(O)C(O)C2O)C(O)C(O)C1O. The summed E-state index contributed by atoms with van der Waals surface area (Å²) in [6.45, 7) is 2.68. The van der Waals surface area contributed by atoms with Crippen molar-refractivity contribution in [1.29, 1.82) is 0 Å². The monoisotopic (exact) mass is 1100 g/mol. The number of aliphatic hydroxyl groups is 7. The number of hydrogen-bond acceptors (Lipinski definition) is 15. The van der Waals surface area contributed by atoms with Gasteiger partial charge in [0.05, 0.1) is 19.8 Å². The Morgan fingerprint density at radius 1 is 0.364 bits per heavy atom. The van der Waals surface area contributed by atoms with Crippen molar-refractivity contribution >= 4 is 11.9 Å². The summed E-state index contributed by atoms with van der Waals surface area (Å²) in [5.74, 6) is -0.900. The Labute approximate surface area is 468 Å². The zero-order chi connectivity index (χ0) is 56.0. The molecule has 11 unspecified atom stereocenters. The summed E-state index contributed by atoms with van der Waals surface area (Å²) in [4.78, 5) is 26.0. The molecule has 2 fully saturated rings. The van der Waals surface area contributed by atoms with Gasteiger partial charge in [-0.25, -0.2) is 0 Å². The van der Waals surface area contributed by atoms with Crippen molar-refractivity contribution in [2.75, 3.05) is 26.4 Å². The van der Waals surface area contributed by atoms with Crippen LogP contribution in [0.3, 0.4) is 0 Å². The average Bonchev–Trinajstić information content (AvgIpc) is 3.43. The van der Waals surface area contributed by atoms with E-state index >= 15 is 0 Å². The lowest BCUT2D eigenvalue weighted by molar-refractivity contribution is -0.332. The molecule has 0 aliphatic carbocycles. The largest absolute Gasteiger partial charge is 0.462 e. The number of carbonyl (C=O) groups is 2. The average molecular weight is 1100 g/mol. The highest BCUT2D eigenvalue weighted by atomic mass is 16.7. The van der Waals surface area contributed by atoms with Gasteiger partial charge in [-0.1, -0.05) is 264 Å². The highest BCUT2D eigenvalue weighted by molar-refractivity contribution is 5.70. The van der Waals surface area contributed by atoms with E-state index in [1.165, 1.54) is 212 Å². The summed E-state index contributed by atoms with van der Waals surface area (Å²) >= 11 is 0. The van der Waals surface area contributed by atoms with E-state index in [1.54, 1.807) is 0 Å². The molecular weight excluding hydrogens is 985 g/mol. The van der Waals surface area contributed by atoms with E-state index in [1.807, 2.05) is 0 Å². The Balaban J connectivity index is 1.69. The summed E-state index contributed by atoms with van der Waals surface area (Å²) in [5, 5.41) is 72.4. The third-order valence-electron chi connectivity index (χ3n) is 15.8. The number of rotatable bonds is 53. The van der Waals surface area contributed by atoms with E-state index in [0.29, 0.717) is 12.8 Å². The van der Waals surface area contributed by atoms with Crippen LogP contribution in [0.25, 0.3) is 0 Å². The molecule has 2 aliphatic heterocycles. The van der Waals surface area contributed by atoms with Crippen LogP contribution in [0.2, 0.25) is 0 Å². The van der Waals surface area contributed by atoms with Crippen molar-refractivity contribution in [2.24, 2.45) is 0 Å². The van der Waals surface area contributed by atoms with E-state index in [9.17, 15) is 45.3 Å². The molecule has 2 heterocycles. The van der Waals surface area contributed by atoms with Crippen molar-refractivity contribution in [3.8, 4) is 0 Å². The first-order valence-electron chi connectivity index (χ1n) is 32.1. The fourth-order valence-electron chi connectivity index (χ4n) is 10.6. The molecule has 0 amide bonds. The first-order chi connectivity index (χ1) is 37.5. The molecule has 0 saturated carbocycles. The van der Waals surface area contributed by atoms with Crippen molar-refractivity contribution < 1.29 is 73.8 Å². The van der Waals surface area contributed by atoms with Crippen LogP contribution in [-0.4, -0.2) is 142 Å². The lowest BCUT2D eigenvalue weighted by Gasteiger charge is -2.42. The van der Waals surface area contributed by atoms with E-state index in [-0.39, 0.29) is 26.1 Å². The second-order valence-corrected chi connectivity index (χ2v) is 23.0. The lowest BCUT2D eigenvalue weighted by atomic mass is 9.98. The fraction of sp³-hybridized carbons (Fsp3) is 0.968. The van der Waals surface area contributed by atoms with Crippen molar-refractivity contribution in [3.05, 3.63) is 0 Å². The Hall–Kier alpha value is -1.50. The minimum atomic E-state index is -1.76. The Bertz CT molecular complexity index is 1340. The first-order valence-corrected chi connectivity index (χ1v) is 32.1. The predicted molar refractivity (Wildman–Crippen MR) is 303 cm³/mol. The van der Waals surface area contributed by atoms with Crippen molar-refractivity contribution in [3.63, 3.8) is 0 Å². The molecule has 456 valence electrons. The minimum Gasteiger partial charge on any atom is -0.462 e. The standard InChI is InChI=1S/C62H118O15/c1-3-5-7-9-11-13-15-17-19-21-22-23-24-25-26-27-29-31-33-35-37-39-41-43-45-54(65)75-50(47-72-53(64)44-42-40-38-36-34-32-30-28-20-18-16-14-12-10-8-6-4-2)48-73-61-60(71)58(69)56(67)52(77-61)49-74-62-59(70)57(68)55(66)51(46-63)76-62/h50-52,55-63,66-71H,3-49H2,1-2H3. The second kappa shape index (κ2) is 49.1. The zero-order valence-corrected chi connectivity index (χ0v) is 49.0. The normalized spacial score (nSPS) is 24.1. The Morgan fingerprint density at radius 3 is 1.01 bits per heavy atom. The maximum Gasteiger partial charge on any atom is 0.306 e. The van der Waals surface area contributed by atoms with Crippen LogP contribution in [0.15, 0.2) is 0 Å².